The summed E-state index contributed by atoms with van der Waals surface area (Å²) in [7, 11) is 1.60. The molecule has 1 aromatic carbocycles. The molecule has 2 rings (SSSR count). The number of esters is 1. The molecule has 1 N–H and O–H groups in total. The van der Waals surface area contributed by atoms with Crippen LogP contribution in [0.25, 0.3) is 11.1 Å². The molecule has 122 valence electrons. The minimum absolute atomic E-state index is 0.224. The second kappa shape index (κ2) is 7.28. The van der Waals surface area contributed by atoms with Gasteiger partial charge in [0.2, 0.25) is 5.91 Å². The lowest BCUT2D eigenvalue weighted by Crippen LogP contribution is -2.11. The molecule has 0 spiro atoms. The van der Waals surface area contributed by atoms with E-state index in [1.807, 2.05) is 31.2 Å². The summed E-state index contributed by atoms with van der Waals surface area (Å²) in [4.78, 5) is 24.7. The number of carbonyl (C=O) groups is 2. The lowest BCUT2D eigenvalue weighted by molar-refractivity contribution is -0.114. The van der Waals surface area contributed by atoms with Crippen LogP contribution in [-0.4, -0.2) is 25.6 Å². The van der Waals surface area contributed by atoms with E-state index < -0.39 is 5.97 Å². The Balaban J connectivity index is 2.57. The molecule has 0 aliphatic rings. The first-order valence-electron chi connectivity index (χ1n) is 7.20. The molecule has 5 nitrogen and oxygen atoms in total. The number of anilines is 1. The number of benzene rings is 1. The third-order valence-corrected chi connectivity index (χ3v) is 4.25. The van der Waals surface area contributed by atoms with E-state index in [0.29, 0.717) is 10.6 Å². The van der Waals surface area contributed by atoms with Crippen LogP contribution < -0.4 is 10.1 Å². The van der Waals surface area contributed by atoms with Crippen LogP contribution in [0.1, 0.15) is 29.1 Å². The van der Waals surface area contributed by atoms with Gasteiger partial charge in [0.1, 0.15) is 16.3 Å². The van der Waals surface area contributed by atoms with E-state index in [-0.39, 0.29) is 12.5 Å². The maximum Gasteiger partial charge on any atom is 0.341 e. The van der Waals surface area contributed by atoms with Crippen molar-refractivity contribution < 1.29 is 19.1 Å². The Morgan fingerprint density at radius 1 is 1.22 bits per heavy atom. The van der Waals surface area contributed by atoms with Crippen molar-refractivity contribution in [2.45, 2.75) is 20.8 Å². The lowest BCUT2D eigenvalue weighted by Gasteiger charge is -2.09. The summed E-state index contributed by atoms with van der Waals surface area (Å²) in [5.41, 5.74) is 2.05. The molecule has 1 heterocycles. The predicted octanol–water partition coefficient (Wildman–Crippen LogP) is 3.87. The smallest absolute Gasteiger partial charge is 0.341 e. The van der Waals surface area contributed by atoms with Gasteiger partial charge in [-0.15, -0.1) is 11.3 Å². The van der Waals surface area contributed by atoms with Crippen LogP contribution in [0.5, 0.6) is 5.75 Å². The third-order valence-electron chi connectivity index (χ3n) is 3.23. The molecule has 2 aromatic rings. The van der Waals surface area contributed by atoms with E-state index in [2.05, 4.69) is 5.32 Å². The van der Waals surface area contributed by atoms with Crippen molar-refractivity contribution in [2.75, 3.05) is 19.0 Å². The van der Waals surface area contributed by atoms with Gasteiger partial charge in [-0.3, -0.25) is 4.79 Å². The number of ether oxygens (including phenoxy) is 2. The topological polar surface area (TPSA) is 64.6 Å². The number of methoxy groups -OCH3 is 1. The molecule has 0 bridgehead atoms. The van der Waals surface area contributed by atoms with E-state index in [4.69, 9.17) is 9.47 Å². The normalized spacial score (nSPS) is 10.3. The van der Waals surface area contributed by atoms with Crippen molar-refractivity contribution in [1.82, 2.24) is 0 Å². The van der Waals surface area contributed by atoms with Crippen molar-refractivity contribution in [3.63, 3.8) is 0 Å². The van der Waals surface area contributed by atoms with Crippen molar-refractivity contribution in [1.29, 1.82) is 0 Å². The van der Waals surface area contributed by atoms with E-state index in [9.17, 15) is 9.59 Å². The molecule has 1 amide bonds. The van der Waals surface area contributed by atoms with Gasteiger partial charge in [0.05, 0.1) is 13.7 Å². The lowest BCUT2D eigenvalue weighted by atomic mass is 10.0. The van der Waals surface area contributed by atoms with E-state index in [1.165, 1.54) is 18.3 Å². The summed E-state index contributed by atoms with van der Waals surface area (Å²) in [5.74, 6) is 0.0749. The van der Waals surface area contributed by atoms with Crippen molar-refractivity contribution >= 4 is 28.2 Å². The molecule has 0 aliphatic carbocycles. The van der Waals surface area contributed by atoms with Crippen LogP contribution >= 0.6 is 11.3 Å². The Labute approximate surface area is 139 Å². The zero-order valence-electron chi connectivity index (χ0n) is 13.6. The molecule has 0 unspecified atom stereocenters. The molecule has 23 heavy (non-hydrogen) atoms. The third kappa shape index (κ3) is 3.71. The molecule has 6 heteroatoms. The molecular weight excluding hydrogens is 314 g/mol. The van der Waals surface area contributed by atoms with Crippen LogP contribution in [0.4, 0.5) is 5.00 Å². The van der Waals surface area contributed by atoms with Crippen molar-refractivity contribution in [3.05, 3.63) is 34.7 Å². The zero-order valence-corrected chi connectivity index (χ0v) is 14.4. The van der Waals surface area contributed by atoms with E-state index >= 15 is 0 Å². The number of nitrogens with one attached hydrogen (secondary N) is 1. The first-order valence-corrected chi connectivity index (χ1v) is 8.02. The number of carbonyl (C=O) groups excluding carboxylic acids is 2. The molecule has 0 saturated carbocycles. The van der Waals surface area contributed by atoms with Gasteiger partial charge in [0, 0.05) is 17.4 Å². The molecule has 0 atom stereocenters. The molecule has 0 fully saturated rings. The number of hydrogen-bond donors (Lipinski definition) is 1. The van der Waals surface area contributed by atoms with Crippen LogP contribution in [0.3, 0.4) is 0 Å². The average molecular weight is 333 g/mol. The zero-order chi connectivity index (χ0) is 17.0. The molecule has 0 radical (unpaired) electrons. The number of thiophene rings is 1. The quantitative estimate of drug-likeness (QED) is 0.844. The summed E-state index contributed by atoms with van der Waals surface area (Å²) in [6.07, 6.45) is 0. The predicted molar refractivity (Wildman–Crippen MR) is 91.3 cm³/mol. The second-order valence-corrected chi connectivity index (χ2v) is 6.09. The number of amides is 1. The first-order chi connectivity index (χ1) is 11.0. The first kappa shape index (κ1) is 17.0. The Hall–Kier alpha value is -2.34. The fraction of sp³-hybridized carbons (Fsp3) is 0.294. The van der Waals surface area contributed by atoms with Gasteiger partial charge in [0.25, 0.3) is 0 Å². The summed E-state index contributed by atoms with van der Waals surface area (Å²) >= 11 is 1.36. The van der Waals surface area contributed by atoms with Crippen LogP contribution in [0.15, 0.2) is 24.3 Å². The Morgan fingerprint density at radius 3 is 2.39 bits per heavy atom. The summed E-state index contributed by atoms with van der Waals surface area (Å²) in [6, 6.07) is 7.43. The Morgan fingerprint density at radius 2 is 1.87 bits per heavy atom. The Bertz CT molecular complexity index is 719. The minimum Gasteiger partial charge on any atom is -0.497 e. The summed E-state index contributed by atoms with van der Waals surface area (Å²) < 4.78 is 10.3. The molecule has 0 aliphatic heterocycles. The average Bonchev–Trinajstić information content (AvgIpc) is 2.83. The van der Waals surface area contributed by atoms with Gasteiger partial charge < -0.3 is 14.8 Å². The van der Waals surface area contributed by atoms with Crippen molar-refractivity contribution in [3.8, 4) is 16.9 Å². The highest BCUT2D eigenvalue weighted by molar-refractivity contribution is 7.17. The van der Waals surface area contributed by atoms with E-state index in [0.717, 1.165) is 21.8 Å². The van der Waals surface area contributed by atoms with Crippen LogP contribution in [0, 0.1) is 6.92 Å². The largest absolute Gasteiger partial charge is 0.497 e. The fourth-order valence-electron chi connectivity index (χ4n) is 2.30. The standard InChI is InChI=1S/C17H19NO4S/c1-5-22-17(20)15-14(10(2)23-16(15)18-11(3)19)12-6-8-13(21-4)9-7-12/h6-9H,5H2,1-4H3,(H,18,19). The van der Waals surface area contributed by atoms with Gasteiger partial charge in [-0.1, -0.05) is 12.1 Å². The van der Waals surface area contributed by atoms with Crippen LogP contribution in [-0.2, 0) is 9.53 Å². The summed E-state index contributed by atoms with van der Waals surface area (Å²) in [6.45, 7) is 5.35. The van der Waals surface area contributed by atoms with Gasteiger partial charge in [-0.25, -0.2) is 4.79 Å². The molecular formula is C17H19NO4S. The second-order valence-electron chi connectivity index (χ2n) is 4.87. The van der Waals surface area contributed by atoms with Crippen molar-refractivity contribution in [2.24, 2.45) is 0 Å². The highest BCUT2D eigenvalue weighted by Gasteiger charge is 2.24. The SMILES string of the molecule is CCOC(=O)c1c(NC(C)=O)sc(C)c1-c1ccc(OC)cc1. The van der Waals surface area contributed by atoms with Gasteiger partial charge in [-0.2, -0.15) is 0 Å². The monoisotopic (exact) mass is 333 g/mol. The highest BCUT2D eigenvalue weighted by atomic mass is 32.1. The maximum atomic E-state index is 12.4. The highest BCUT2D eigenvalue weighted by Crippen LogP contribution is 2.40. The minimum atomic E-state index is -0.439. The van der Waals surface area contributed by atoms with Gasteiger partial charge in [-0.05, 0) is 31.5 Å². The Kier molecular flexibility index (Phi) is 5.39. The fourth-order valence-corrected chi connectivity index (χ4v) is 3.41. The molecule has 0 saturated heterocycles. The van der Waals surface area contributed by atoms with Gasteiger partial charge >= 0.3 is 5.97 Å². The maximum absolute atomic E-state index is 12.4. The van der Waals surface area contributed by atoms with Gasteiger partial charge in [0.15, 0.2) is 0 Å². The number of rotatable bonds is 5. The van der Waals surface area contributed by atoms with E-state index in [1.54, 1.807) is 14.0 Å². The van der Waals surface area contributed by atoms with Crippen LogP contribution in [0.2, 0.25) is 0 Å². The summed E-state index contributed by atoms with van der Waals surface area (Å²) in [5, 5.41) is 3.23. The molecule has 1 aromatic heterocycles. The number of aryl methyl sites for hydroxylation is 1. The number of hydrogen-bond acceptors (Lipinski definition) is 5.